The monoisotopic (exact) mass is 269 g/mol. The normalized spacial score (nSPS) is 9.85. The molecule has 0 saturated carbocycles. The van der Waals surface area contributed by atoms with Crippen LogP contribution in [0.1, 0.15) is 29.3 Å². The summed E-state index contributed by atoms with van der Waals surface area (Å²) in [6.07, 6.45) is 0.266. The molecule has 102 valence electrons. The van der Waals surface area contributed by atoms with Gasteiger partial charge < -0.3 is 4.84 Å². The number of anilines is 1. The molecule has 0 aliphatic heterocycles. The van der Waals surface area contributed by atoms with Crippen LogP contribution in [0.5, 0.6) is 0 Å². The molecule has 4 nitrogen and oxygen atoms in total. The maximum atomic E-state index is 12.4. The Balaban J connectivity index is 2.24. The van der Waals surface area contributed by atoms with Gasteiger partial charge in [-0.05, 0) is 12.1 Å². The van der Waals surface area contributed by atoms with E-state index >= 15 is 0 Å². The van der Waals surface area contributed by atoms with E-state index in [1.807, 2.05) is 6.07 Å². The van der Waals surface area contributed by atoms with Gasteiger partial charge >= 0.3 is 5.97 Å². The second kappa shape index (κ2) is 6.52. The lowest BCUT2D eigenvalue weighted by Crippen LogP contribution is -2.12. The van der Waals surface area contributed by atoms with Crippen LogP contribution in [0.4, 0.5) is 5.69 Å². The molecule has 0 spiro atoms. The molecule has 2 rings (SSSR count). The van der Waals surface area contributed by atoms with Gasteiger partial charge in [0.25, 0.3) is 0 Å². The van der Waals surface area contributed by atoms with E-state index in [-0.39, 0.29) is 18.2 Å². The smallest absolute Gasteiger partial charge is 0.331 e. The van der Waals surface area contributed by atoms with Gasteiger partial charge in [0.15, 0.2) is 5.78 Å². The van der Waals surface area contributed by atoms with Gasteiger partial charge in [-0.3, -0.25) is 4.79 Å². The molecular weight excluding hydrogens is 254 g/mol. The Kier molecular flexibility index (Phi) is 4.50. The zero-order chi connectivity index (χ0) is 14.4. The van der Waals surface area contributed by atoms with E-state index in [0.29, 0.717) is 16.8 Å². The molecule has 0 aliphatic carbocycles. The number of carbonyl (C=O) groups excluding carboxylic acids is 2. The average Bonchev–Trinajstić information content (AvgIpc) is 2.53. The quantitative estimate of drug-likeness (QED) is 0.669. The summed E-state index contributed by atoms with van der Waals surface area (Å²) in [4.78, 5) is 28.4. The van der Waals surface area contributed by atoms with Crippen molar-refractivity contribution in [3.8, 4) is 0 Å². The summed E-state index contributed by atoms with van der Waals surface area (Å²) in [7, 11) is 0. The highest BCUT2D eigenvalue weighted by Crippen LogP contribution is 2.19. The number of benzene rings is 2. The van der Waals surface area contributed by atoms with Gasteiger partial charge in [0.2, 0.25) is 0 Å². The summed E-state index contributed by atoms with van der Waals surface area (Å²) >= 11 is 0. The largest absolute Gasteiger partial charge is 0.343 e. The highest BCUT2D eigenvalue weighted by Gasteiger charge is 2.13. The van der Waals surface area contributed by atoms with E-state index in [9.17, 15) is 9.59 Å². The Morgan fingerprint density at radius 1 is 1.00 bits per heavy atom. The summed E-state index contributed by atoms with van der Waals surface area (Å²) in [5.74, 6) is -0.506. The third-order valence-electron chi connectivity index (χ3n) is 2.77. The van der Waals surface area contributed by atoms with Crippen LogP contribution in [-0.2, 0) is 9.63 Å². The van der Waals surface area contributed by atoms with Crippen molar-refractivity contribution in [2.24, 2.45) is 0 Å². The van der Waals surface area contributed by atoms with Crippen molar-refractivity contribution < 1.29 is 14.4 Å². The molecule has 0 radical (unpaired) electrons. The van der Waals surface area contributed by atoms with E-state index in [2.05, 4.69) is 5.48 Å². The van der Waals surface area contributed by atoms with Gasteiger partial charge in [-0.15, -0.1) is 0 Å². The Hall–Kier alpha value is -2.62. The first kappa shape index (κ1) is 13.8. The van der Waals surface area contributed by atoms with Crippen LogP contribution in [0.15, 0.2) is 54.6 Å². The molecule has 1 N–H and O–H groups in total. The van der Waals surface area contributed by atoms with E-state index in [1.165, 1.54) is 0 Å². The molecule has 2 aromatic carbocycles. The molecule has 20 heavy (non-hydrogen) atoms. The van der Waals surface area contributed by atoms with Crippen molar-refractivity contribution in [2.75, 3.05) is 5.48 Å². The fourth-order valence-corrected chi connectivity index (χ4v) is 1.70. The zero-order valence-electron chi connectivity index (χ0n) is 11.1. The van der Waals surface area contributed by atoms with Crippen molar-refractivity contribution in [3.63, 3.8) is 0 Å². The van der Waals surface area contributed by atoms with Crippen molar-refractivity contribution in [1.82, 2.24) is 0 Å². The zero-order valence-corrected chi connectivity index (χ0v) is 11.1. The van der Waals surface area contributed by atoms with Gasteiger partial charge in [-0.25, -0.2) is 10.3 Å². The van der Waals surface area contributed by atoms with Crippen LogP contribution >= 0.6 is 0 Å². The van der Waals surface area contributed by atoms with Crippen LogP contribution in [-0.4, -0.2) is 11.8 Å². The molecule has 2 aromatic rings. The summed E-state index contributed by atoms with van der Waals surface area (Å²) in [6.45, 7) is 1.70. The van der Waals surface area contributed by atoms with Crippen LogP contribution in [0.3, 0.4) is 0 Å². The van der Waals surface area contributed by atoms with Gasteiger partial charge in [-0.1, -0.05) is 49.4 Å². The minimum atomic E-state index is -0.382. The topological polar surface area (TPSA) is 55.4 Å². The fourth-order valence-electron chi connectivity index (χ4n) is 1.70. The Morgan fingerprint density at radius 2 is 1.65 bits per heavy atom. The number of ketones is 1. The molecule has 4 heteroatoms. The highest BCUT2D eigenvalue weighted by molar-refractivity contribution is 6.12. The second-order valence-corrected chi connectivity index (χ2v) is 4.17. The minimum Gasteiger partial charge on any atom is -0.343 e. The summed E-state index contributed by atoms with van der Waals surface area (Å²) in [5.41, 5.74) is 4.07. The van der Waals surface area contributed by atoms with Gasteiger partial charge in [0.05, 0.1) is 5.69 Å². The van der Waals surface area contributed by atoms with E-state index < -0.39 is 0 Å². The second-order valence-electron chi connectivity index (χ2n) is 4.17. The van der Waals surface area contributed by atoms with Gasteiger partial charge in [-0.2, -0.15) is 0 Å². The molecule has 0 aliphatic rings. The standard InChI is InChI=1S/C16H15NO3/c1-2-15(18)20-17-14-11-7-6-10-13(14)16(19)12-8-4-3-5-9-12/h3-11,17H,2H2,1H3. The molecule has 0 atom stereocenters. The summed E-state index contributed by atoms with van der Waals surface area (Å²) in [5, 5.41) is 0. The molecular formula is C16H15NO3. The highest BCUT2D eigenvalue weighted by atomic mass is 16.7. The lowest BCUT2D eigenvalue weighted by Gasteiger charge is -2.10. The fraction of sp³-hybridized carbons (Fsp3) is 0.125. The van der Waals surface area contributed by atoms with Crippen molar-refractivity contribution >= 4 is 17.4 Å². The number of nitrogens with one attached hydrogen (secondary N) is 1. The van der Waals surface area contributed by atoms with E-state index in [1.54, 1.807) is 55.5 Å². The molecule has 0 fully saturated rings. The number of para-hydroxylation sites is 1. The van der Waals surface area contributed by atoms with E-state index in [4.69, 9.17) is 4.84 Å². The van der Waals surface area contributed by atoms with Crippen molar-refractivity contribution in [1.29, 1.82) is 0 Å². The van der Waals surface area contributed by atoms with Gasteiger partial charge in [0.1, 0.15) is 0 Å². The van der Waals surface area contributed by atoms with Crippen LogP contribution < -0.4 is 5.48 Å². The average molecular weight is 269 g/mol. The third kappa shape index (κ3) is 3.23. The molecule has 0 saturated heterocycles. The lowest BCUT2D eigenvalue weighted by atomic mass is 10.0. The molecule has 0 unspecified atom stereocenters. The first-order chi connectivity index (χ1) is 9.72. The maximum Gasteiger partial charge on any atom is 0.331 e. The Labute approximate surface area is 117 Å². The third-order valence-corrected chi connectivity index (χ3v) is 2.77. The molecule has 0 bridgehead atoms. The first-order valence-corrected chi connectivity index (χ1v) is 6.37. The number of carbonyl (C=O) groups is 2. The number of hydrogen-bond acceptors (Lipinski definition) is 4. The summed E-state index contributed by atoms with van der Waals surface area (Å²) in [6, 6.07) is 15.9. The predicted molar refractivity (Wildman–Crippen MR) is 76.3 cm³/mol. The maximum absolute atomic E-state index is 12.4. The van der Waals surface area contributed by atoms with Crippen LogP contribution in [0.2, 0.25) is 0 Å². The minimum absolute atomic E-state index is 0.124. The molecule has 0 amide bonds. The Bertz CT molecular complexity index is 608. The van der Waals surface area contributed by atoms with Crippen molar-refractivity contribution in [2.45, 2.75) is 13.3 Å². The van der Waals surface area contributed by atoms with Crippen molar-refractivity contribution in [3.05, 3.63) is 65.7 Å². The first-order valence-electron chi connectivity index (χ1n) is 6.37. The lowest BCUT2D eigenvalue weighted by molar-refractivity contribution is -0.140. The number of hydrogen-bond donors (Lipinski definition) is 1. The van der Waals surface area contributed by atoms with Gasteiger partial charge in [0, 0.05) is 17.5 Å². The molecule has 0 aromatic heterocycles. The summed E-state index contributed by atoms with van der Waals surface area (Å²) < 4.78 is 0. The molecule has 0 heterocycles. The predicted octanol–water partition coefficient (Wildman–Crippen LogP) is 3.20. The Morgan fingerprint density at radius 3 is 2.35 bits per heavy atom. The van der Waals surface area contributed by atoms with Crippen LogP contribution in [0.25, 0.3) is 0 Å². The van der Waals surface area contributed by atoms with E-state index in [0.717, 1.165) is 0 Å². The SMILES string of the molecule is CCC(=O)ONc1ccccc1C(=O)c1ccccc1. The van der Waals surface area contributed by atoms with Crippen LogP contribution in [0, 0.1) is 0 Å². The number of rotatable bonds is 5.